The topological polar surface area (TPSA) is 49.5 Å². The summed E-state index contributed by atoms with van der Waals surface area (Å²) in [5.41, 5.74) is 5.23. The van der Waals surface area contributed by atoms with Gasteiger partial charge in [0.15, 0.2) is 0 Å². The lowest BCUT2D eigenvalue weighted by Crippen LogP contribution is -2.21. The van der Waals surface area contributed by atoms with Gasteiger partial charge in [0.05, 0.1) is 6.10 Å². The fourth-order valence-corrected chi connectivity index (χ4v) is 0.761. The zero-order chi connectivity index (χ0) is 7.98. The van der Waals surface area contributed by atoms with Crippen LogP contribution < -0.4 is 5.73 Å². The quantitative estimate of drug-likeness (QED) is 0.557. The van der Waals surface area contributed by atoms with Crippen molar-refractivity contribution in [1.29, 1.82) is 0 Å². The molecule has 0 spiro atoms. The van der Waals surface area contributed by atoms with Crippen LogP contribution in [0.4, 0.5) is 0 Å². The van der Waals surface area contributed by atoms with Gasteiger partial charge in [0.2, 0.25) is 0 Å². The molecule has 0 rings (SSSR count). The molecule has 0 aliphatic carbocycles. The molecule has 0 aliphatic rings. The highest BCUT2D eigenvalue weighted by molar-refractivity contribution is 4.56. The van der Waals surface area contributed by atoms with E-state index in [-0.39, 0.29) is 6.10 Å². The Balaban J connectivity index is 3.03. The van der Waals surface area contributed by atoms with Gasteiger partial charge in [-0.05, 0) is 33.5 Å². The molecule has 62 valence electrons. The second-order valence-corrected chi connectivity index (χ2v) is 2.84. The van der Waals surface area contributed by atoms with E-state index in [2.05, 4.69) is 4.90 Å². The summed E-state index contributed by atoms with van der Waals surface area (Å²) in [4.78, 5) is 2.10. The molecule has 3 heteroatoms. The summed E-state index contributed by atoms with van der Waals surface area (Å²) < 4.78 is 0. The molecule has 0 radical (unpaired) electrons. The number of nitrogens with two attached hydrogens (primary N) is 1. The van der Waals surface area contributed by atoms with Crippen LogP contribution >= 0.6 is 0 Å². The van der Waals surface area contributed by atoms with E-state index in [1.807, 2.05) is 14.1 Å². The first-order valence-corrected chi connectivity index (χ1v) is 3.69. The molecule has 3 nitrogen and oxygen atoms in total. The van der Waals surface area contributed by atoms with Crippen molar-refractivity contribution in [1.82, 2.24) is 4.90 Å². The first-order valence-electron chi connectivity index (χ1n) is 3.69. The maximum Gasteiger partial charge on any atom is 0.0662 e. The largest absolute Gasteiger partial charge is 0.392 e. The van der Waals surface area contributed by atoms with Crippen LogP contribution in [0.2, 0.25) is 0 Å². The van der Waals surface area contributed by atoms with Crippen LogP contribution in [0.5, 0.6) is 0 Å². The van der Waals surface area contributed by atoms with E-state index in [0.29, 0.717) is 6.54 Å². The third-order valence-electron chi connectivity index (χ3n) is 1.41. The van der Waals surface area contributed by atoms with Crippen molar-refractivity contribution < 1.29 is 5.11 Å². The van der Waals surface area contributed by atoms with Crippen LogP contribution in [-0.2, 0) is 0 Å². The van der Waals surface area contributed by atoms with Gasteiger partial charge < -0.3 is 15.7 Å². The number of aliphatic hydroxyl groups excluding tert-OH is 1. The molecule has 1 atom stereocenters. The molecule has 0 aliphatic heterocycles. The lowest BCUT2D eigenvalue weighted by atomic mass is 10.2. The Morgan fingerprint density at radius 1 is 1.50 bits per heavy atom. The summed E-state index contributed by atoms with van der Waals surface area (Å²) in [5, 5.41) is 9.03. The van der Waals surface area contributed by atoms with Crippen molar-refractivity contribution in [3.63, 3.8) is 0 Å². The molecule has 0 aromatic rings. The molecular weight excluding hydrogens is 128 g/mol. The van der Waals surface area contributed by atoms with E-state index in [0.717, 1.165) is 19.4 Å². The molecule has 0 aromatic heterocycles. The summed E-state index contributed by atoms with van der Waals surface area (Å²) in [5.74, 6) is 0. The Morgan fingerprint density at radius 2 is 2.10 bits per heavy atom. The zero-order valence-electron chi connectivity index (χ0n) is 6.88. The monoisotopic (exact) mass is 146 g/mol. The number of hydrogen-bond acceptors (Lipinski definition) is 3. The molecule has 1 unspecified atom stereocenters. The summed E-state index contributed by atoms with van der Waals surface area (Å²) in [7, 11) is 4.05. The lowest BCUT2D eigenvalue weighted by Gasteiger charge is -2.10. The van der Waals surface area contributed by atoms with E-state index in [4.69, 9.17) is 10.8 Å². The zero-order valence-corrected chi connectivity index (χ0v) is 6.88. The van der Waals surface area contributed by atoms with E-state index < -0.39 is 0 Å². The maximum absolute atomic E-state index is 9.03. The molecule has 0 aromatic carbocycles. The summed E-state index contributed by atoms with van der Waals surface area (Å²) in [6.07, 6.45) is 1.53. The molecule has 0 heterocycles. The molecule has 0 bridgehead atoms. The van der Waals surface area contributed by atoms with Gasteiger partial charge in [-0.2, -0.15) is 0 Å². The van der Waals surface area contributed by atoms with Gasteiger partial charge in [-0.1, -0.05) is 0 Å². The average Bonchev–Trinajstić information content (AvgIpc) is 1.87. The SMILES string of the molecule is CN(C)CCCC(O)CN. The first-order chi connectivity index (χ1) is 4.66. The highest BCUT2D eigenvalue weighted by Crippen LogP contribution is 1.95. The standard InChI is InChI=1S/C7H18N2O/c1-9(2)5-3-4-7(10)6-8/h7,10H,3-6,8H2,1-2H3. The van der Waals surface area contributed by atoms with E-state index in [9.17, 15) is 0 Å². The van der Waals surface area contributed by atoms with Gasteiger partial charge in [-0.15, -0.1) is 0 Å². The highest BCUT2D eigenvalue weighted by atomic mass is 16.3. The van der Waals surface area contributed by atoms with Gasteiger partial charge in [-0.3, -0.25) is 0 Å². The van der Waals surface area contributed by atoms with Crippen LogP contribution in [0.25, 0.3) is 0 Å². The lowest BCUT2D eigenvalue weighted by molar-refractivity contribution is 0.165. The predicted molar refractivity (Wildman–Crippen MR) is 42.8 cm³/mol. The fourth-order valence-electron chi connectivity index (χ4n) is 0.761. The smallest absolute Gasteiger partial charge is 0.0662 e. The molecule has 10 heavy (non-hydrogen) atoms. The van der Waals surface area contributed by atoms with Crippen molar-refractivity contribution in [3.8, 4) is 0 Å². The number of hydrogen-bond donors (Lipinski definition) is 2. The summed E-state index contributed by atoms with van der Waals surface area (Å²) >= 11 is 0. The third kappa shape index (κ3) is 6.01. The Kier molecular flexibility index (Phi) is 5.58. The fraction of sp³-hybridized carbons (Fsp3) is 1.00. The molecule has 0 amide bonds. The van der Waals surface area contributed by atoms with Gasteiger partial charge in [0.1, 0.15) is 0 Å². The second kappa shape index (κ2) is 5.65. The first kappa shape index (κ1) is 9.88. The van der Waals surface area contributed by atoms with Crippen LogP contribution in [-0.4, -0.2) is 43.3 Å². The Morgan fingerprint density at radius 3 is 2.50 bits per heavy atom. The van der Waals surface area contributed by atoms with Crippen LogP contribution in [0.15, 0.2) is 0 Å². The van der Waals surface area contributed by atoms with Gasteiger partial charge in [0, 0.05) is 6.54 Å². The maximum atomic E-state index is 9.03. The van der Waals surface area contributed by atoms with E-state index in [1.54, 1.807) is 0 Å². The second-order valence-electron chi connectivity index (χ2n) is 2.84. The Hall–Kier alpha value is -0.120. The number of nitrogens with zero attached hydrogens (tertiary/aromatic N) is 1. The summed E-state index contributed by atoms with van der Waals surface area (Å²) in [6.45, 7) is 1.41. The van der Waals surface area contributed by atoms with Crippen molar-refractivity contribution >= 4 is 0 Å². The normalized spacial score (nSPS) is 14.1. The number of aliphatic hydroxyl groups is 1. The van der Waals surface area contributed by atoms with E-state index in [1.165, 1.54) is 0 Å². The molecule has 3 N–H and O–H groups in total. The van der Waals surface area contributed by atoms with Crippen LogP contribution in [0, 0.1) is 0 Å². The van der Waals surface area contributed by atoms with Crippen molar-refractivity contribution in [2.75, 3.05) is 27.2 Å². The molecular formula is C7H18N2O. The van der Waals surface area contributed by atoms with Crippen LogP contribution in [0.3, 0.4) is 0 Å². The van der Waals surface area contributed by atoms with E-state index >= 15 is 0 Å². The predicted octanol–water partition coefficient (Wildman–Crippen LogP) is -0.352. The molecule has 0 saturated carbocycles. The minimum Gasteiger partial charge on any atom is -0.392 e. The van der Waals surface area contributed by atoms with Crippen molar-refractivity contribution in [2.24, 2.45) is 5.73 Å². The Labute approximate surface area is 62.8 Å². The van der Waals surface area contributed by atoms with Crippen molar-refractivity contribution in [2.45, 2.75) is 18.9 Å². The van der Waals surface area contributed by atoms with Crippen LogP contribution in [0.1, 0.15) is 12.8 Å². The van der Waals surface area contributed by atoms with Gasteiger partial charge in [-0.25, -0.2) is 0 Å². The minimum absolute atomic E-state index is 0.306. The van der Waals surface area contributed by atoms with Gasteiger partial charge >= 0.3 is 0 Å². The minimum atomic E-state index is -0.306. The average molecular weight is 146 g/mol. The van der Waals surface area contributed by atoms with Crippen molar-refractivity contribution in [3.05, 3.63) is 0 Å². The molecule has 0 saturated heterocycles. The summed E-state index contributed by atoms with van der Waals surface area (Å²) in [6, 6.07) is 0. The number of rotatable bonds is 5. The Bertz CT molecular complexity index is 76.0. The third-order valence-corrected chi connectivity index (χ3v) is 1.41. The van der Waals surface area contributed by atoms with Gasteiger partial charge in [0.25, 0.3) is 0 Å². The molecule has 0 fully saturated rings. The highest BCUT2D eigenvalue weighted by Gasteiger charge is 1.99.